The van der Waals surface area contributed by atoms with E-state index in [-0.39, 0.29) is 29.7 Å². The summed E-state index contributed by atoms with van der Waals surface area (Å²) < 4.78 is 5.40. The van der Waals surface area contributed by atoms with E-state index in [2.05, 4.69) is 5.32 Å². The Morgan fingerprint density at radius 1 is 1.48 bits per heavy atom. The van der Waals surface area contributed by atoms with Crippen LogP contribution in [0.3, 0.4) is 0 Å². The summed E-state index contributed by atoms with van der Waals surface area (Å²) >= 11 is 1.12. The van der Waals surface area contributed by atoms with Crippen LogP contribution in [0.5, 0.6) is 5.75 Å². The van der Waals surface area contributed by atoms with Gasteiger partial charge in [0, 0.05) is 4.88 Å². The minimum atomic E-state index is -1.06. The molecule has 1 aliphatic heterocycles. The molecule has 114 valence electrons. The number of carboxylic acid groups (broad SMARTS) is 1. The number of aromatic carboxylic acids is 1. The van der Waals surface area contributed by atoms with Gasteiger partial charge in [-0.1, -0.05) is 0 Å². The van der Waals surface area contributed by atoms with Gasteiger partial charge in [0.25, 0.3) is 5.91 Å². The number of carboxylic acids is 1. The molecule has 3 amide bonds. The first-order valence-electron chi connectivity index (χ1n) is 6.33. The number of carbonyl (C=O) groups is 3. The molecule has 8 heteroatoms. The number of nitrogens with zero attached hydrogens (tertiary/aromatic N) is 1. The van der Waals surface area contributed by atoms with Crippen molar-refractivity contribution in [3.63, 3.8) is 0 Å². The lowest BCUT2D eigenvalue weighted by Gasteiger charge is -2.16. The lowest BCUT2D eigenvalue weighted by atomic mass is 10.1. The summed E-state index contributed by atoms with van der Waals surface area (Å²) in [4.78, 5) is 36.7. The van der Waals surface area contributed by atoms with Crippen molar-refractivity contribution in [2.45, 2.75) is 26.3 Å². The van der Waals surface area contributed by atoms with Crippen molar-refractivity contribution in [2.24, 2.45) is 0 Å². The van der Waals surface area contributed by atoms with Gasteiger partial charge in [-0.15, -0.1) is 11.3 Å². The van der Waals surface area contributed by atoms with E-state index in [9.17, 15) is 14.4 Å². The SMILES string of the molecule is Cc1cc(OCCN2C(=O)NC(C)(C)C2=O)c(C(=O)O)s1. The second kappa shape index (κ2) is 5.36. The fraction of sp³-hybridized carbons (Fsp3) is 0.462. The van der Waals surface area contributed by atoms with Crippen molar-refractivity contribution in [3.8, 4) is 5.75 Å². The number of ether oxygens (including phenoxy) is 1. The molecular weight excluding hydrogens is 296 g/mol. The van der Waals surface area contributed by atoms with Crippen LogP contribution < -0.4 is 10.1 Å². The molecule has 0 atom stereocenters. The molecule has 0 aromatic carbocycles. The standard InChI is InChI=1S/C13H16N2O5S/c1-7-6-8(9(21-7)10(16)17)20-5-4-15-11(18)13(2,3)14-12(15)19/h6H,4-5H2,1-3H3,(H,14,19)(H,16,17). The van der Waals surface area contributed by atoms with Gasteiger partial charge in [0.05, 0.1) is 6.54 Å². The third-order valence-corrected chi connectivity index (χ3v) is 4.05. The Bertz CT molecular complexity index is 608. The van der Waals surface area contributed by atoms with E-state index < -0.39 is 17.5 Å². The van der Waals surface area contributed by atoms with Gasteiger partial charge in [-0.25, -0.2) is 9.59 Å². The number of hydrogen-bond acceptors (Lipinski definition) is 5. The summed E-state index contributed by atoms with van der Waals surface area (Å²) in [7, 11) is 0. The Morgan fingerprint density at radius 3 is 2.67 bits per heavy atom. The summed E-state index contributed by atoms with van der Waals surface area (Å²) in [5, 5.41) is 11.6. The first-order valence-corrected chi connectivity index (χ1v) is 7.14. The smallest absolute Gasteiger partial charge is 0.349 e. The van der Waals surface area contributed by atoms with Gasteiger partial charge in [-0.2, -0.15) is 0 Å². The molecule has 0 aliphatic carbocycles. The molecule has 1 aromatic heterocycles. The van der Waals surface area contributed by atoms with Gasteiger partial charge < -0.3 is 15.2 Å². The average molecular weight is 312 g/mol. The molecule has 0 unspecified atom stereocenters. The van der Waals surface area contributed by atoms with Crippen LogP contribution in [-0.4, -0.2) is 46.6 Å². The number of amides is 3. The topological polar surface area (TPSA) is 95.9 Å². The van der Waals surface area contributed by atoms with Crippen LogP contribution in [0, 0.1) is 6.92 Å². The Morgan fingerprint density at radius 2 is 2.14 bits per heavy atom. The zero-order chi connectivity index (χ0) is 15.8. The third-order valence-electron chi connectivity index (χ3n) is 3.03. The number of imide groups is 1. The van der Waals surface area contributed by atoms with E-state index >= 15 is 0 Å². The number of hydrogen-bond donors (Lipinski definition) is 2. The summed E-state index contributed by atoms with van der Waals surface area (Å²) in [6.07, 6.45) is 0. The molecule has 0 bridgehead atoms. The number of carbonyl (C=O) groups excluding carboxylic acids is 2. The van der Waals surface area contributed by atoms with Crippen molar-refractivity contribution in [1.29, 1.82) is 0 Å². The molecule has 1 aliphatic rings. The molecule has 0 spiro atoms. The summed E-state index contributed by atoms with van der Waals surface area (Å²) in [6, 6.07) is 1.16. The van der Waals surface area contributed by atoms with Crippen LogP contribution in [-0.2, 0) is 4.79 Å². The van der Waals surface area contributed by atoms with Crippen LogP contribution in [0.4, 0.5) is 4.79 Å². The van der Waals surface area contributed by atoms with Gasteiger partial charge in [0.2, 0.25) is 0 Å². The fourth-order valence-electron chi connectivity index (χ4n) is 2.02. The molecule has 21 heavy (non-hydrogen) atoms. The van der Waals surface area contributed by atoms with Gasteiger partial charge in [0.15, 0.2) is 4.88 Å². The summed E-state index contributed by atoms with van der Waals surface area (Å²) in [5.74, 6) is -1.12. The predicted octanol–water partition coefficient (Wildman–Crippen LogP) is 1.46. The first kappa shape index (κ1) is 15.3. The quantitative estimate of drug-likeness (QED) is 0.803. The highest BCUT2D eigenvalue weighted by Gasteiger charge is 2.43. The highest BCUT2D eigenvalue weighted by Crippen LogP contribution is 2.29. The number of nitrogens with one attached hydrogen (secondary N) is 1. The maximum Gasteiger partial charge on any atom is 0.349 e. The van der Waals surface area contributed by atoms with Crippen molar-refractivity contribution >= 4 is 29.2 Å². The van der Waals surface area contributed by atoms with Crippen molar-refractivity contribution in [1.82, 2.24) is 10.2 Å². The maximum atomic E-state index is 12.0. The normalized spacial score (nSPS) is 17.0. The number of aryl methyl sites for hydroxylation is 1. The number of rotatable bonds is 5. The van der Waals surface area contributed by atoms with Gasteiger partial charge in [-0.05, 0) is 26.8 Å². The summed E-state index contributed by atoms with van der Waals surface area (Å²) in [6.45, 7) is 5.15. The van der Waals surface area contributed by atoms with Crippen molar-refractivity contribution in [2.75, 3.05) is 13.2 Å². The Balaban J connectivity index is 1.98. The van der Waals surface area contributed by atoms with E-state index in [0.29, 0.717) is 0 Å². The van der Waals surface area contributed by atoms with Crippen molar-refractivity contribution in [3.05, 3.63) is 15.8 Å². The molecule has 2 rings (SSSR count). The maximum absolute atomic E-state index is 12.0. The molecular formula is C13H16N2O5S. The highest BCUT2D eigenvalue weighted by molar-refractivity contribution is 7.14. The van der Waals surface area contributed by atoms with E-state index in [1.54, 1.807) is 26.8 Å². The zero-order valence-electron chi connectivity index (χ0n) is 11.9. The second-order valence-corrected chi connectivity index (χ2v) is 6.47. The third kappa shape index (κ3) is 2.99. The Kier molecular flexibility index (Phi) is 3.91. The van der Waals surface area contributed by atoms with Crippen LogP contribution >= 0.6 is 11.3 Å². The number of urea groups is 1. The van der Waals surface area contributed by atoms with E-state index in [1.807, 2.05) is 0 Å². The van der Waals surface area contributed by atoms with E-state index in [1.165, 1.54) is 0 Å². The Hall–Kier alpha value is -2.09. The molecule has 7 nitrogen and oxygen atoms in total. The average Bonchev–Trinajstić information content (AvgIpc) is 2.82. The first-order chi connectivity index (χ1) is 9.72. The molecule has 0 saturated carbocycles. The monoisotopic (exact) mass is 312 g/mol. The lowest BCUT2D eigenvalue weighted by Crippen LogP contribution is -2.40. The molecule has 2 N–H and O–H groups in total. The molecule has 1 aromatic rings. The number of thiophene rings is 1. The minimum Gasteiger partial charge on any atom is -0.490 e. The second-order valence-electron chi connectivity index (χ2n) is 5.22. The fourth-order valence-corrected chi connectivity index (χ4v) is 2.81. The molecule has 2 heterocycles. The molecule has 0 radical (unpaired) electrons. The zero-order valence-corrected chi connectivity index (χ0v) is 12.7. The molecule has 1 saturated heterocycles. The van der Waals surface area contributed by atoms with Gasteiger partial charge >= 0.3 is 12.0 Å². The van der Waals surface area contributed by atoms with Crippen LogP contribution in [0.25, 0.3) is 0 Å². The van der Waals surface area contributed by atoms with Crippen LogP contribution in [0.15, 0.2) is 6.07 Å². The largest absolute Gasteiger partial charge is 0.490 e. The van der Waals surface area contributed by atoms with Crippen molar-refractivity contribution < 1.29 is 24.2 Å². The van der Waals surface area contributed by atoms with Gasteiger partial charge in [0.1, 0.15) is 17.9 Å². The lowest BCUT2D eigenvalue weighted by molar-refractivity contribution is -0.130. The van der Waals surface area contributed by atoms with Crippen LogP contribution in [0.2, 0.25) is 0 Å². The van der Waals surface area contributed by atoms with E-state index in [0.717, 1.165) is 21.1 Å². The predicted molar refractivity (Wildman–Crippen MR) is 75.8 cm³/mol. The van der Waals surface area contributed by atoms with E-state index in [4.69, 9.17) is 9.84 Å². The summed E-state index contributed by atoms with van der Waals surface area (Å²) in [5.41, 5.74) is -0.914. The Labute approximate surface area is 125 Å². The minimum absolute atomic E-state index is 0.0473. The highest BCUT2D eigenvalue weighted by atomic mass is 32.1. The van der Waals surface area contributed by atoms with Crippen LogP contribution in [0.1, 0.15) is 28.4 Å². The molecule has 1 fully saturated rings. The van der Waals surface area contributed by atoms with Gasteiger partial charge in [-0.3, -0.25) is 9.69 Å².